The lowest BCUT2D eigenvalue weighted by molar-refractivity contribution is 1.06. The highest BCUT2D eigenvalue weighted by Gasteiger charge is 2.09. The molecule has 1 aromatic heterocycles. The van der Waals surface area contributed by atoms with Gasteiger partial charge in [0.25, 0.3) is 0 Å². The van der Waals surface area contributed by atoms with Gasteiger partial charge in [0.1, 0.15) is 0 Å². The second-order valence-electron chi connectivity index (χ2n) is 4.98. The molecule has 1 heterocycles. The van der Waals surface area contributed by atoms with Crippen molar-refractivity contribution in [1.29, 1.82) is 0 Å². The Morgan fingerprint density at radius 2 is 1.00 bits per heavy atom. The molecule has 0 amide bonds. The molecule has 0 aliphatic carbocycles. The van der Waals surface area contributed by atoms with Crippen LogP contribution in [0.15, 0.2) is 48.5 Å². The van der Waals surface area contributed by atoms with E-state index >= 15 is 0 Å². The van der Waals surface area contributed by atoms with Crippen LogP contribution in [0, 0.1) is 13.8 Å². The van der Waals surface area contributed by atoms with E-state index in [0.29, 0.717) is 11.6 Å². The lowest BCUT2D eigenvalue weighted by atomic mass is 10.1. The van der Waals surface area contributed by atoms with Crippen LogP contribution in [0.2, 0.25) is 5.28 Å². The lowest BCUT2D eigenvalue weighted by Crippen LogP contribution is -1.97. The first kappa shape index (κ1) is 13.7. The van der Waals surface area contributed by atoms with Crippen LogP contribution in [-0.2, 0) is 0 Å². The van der Waals surface area contributed by atoms with Crippen LogP contribution in [0.5, 0.6) is 0 Å². The quantitative estimate of drug-likeness (QED) is 0.700. The van der Waals surface area contributed by atoms with Crippen LogP contribution in [0.4, 0.5) is 0 Å². The van der Waals surface area contributed by atoms with Crippen LogP contribution in [0.3, 0.4) is 0 Å². The van der Waals surface area contributed by atoms with Gasteiger partial charge in [-0.1, -0.05) is 59.7 Å². The number of hydrogen-bond acceptors (Lipinski definition) is 3. The van der Waals surface area contributed by atoms with Gasteiger partial charge in [-0.25, -0.2) is 4.98 Å². The minimum atomic E-state index is 0.205. The largest absolute Gasteiger partial charge is 0.226 e. The van der Waals surface area contributed by atoms with Crippen molar-refractivity contribution in [2.75, 3.05) is 0 Å². The zero-order valence-corrected chi connectivity index (χ0v) is 12.6. The predicted octanol–water partition coefficient (Wildman–Crippen LogP) is 4.48. The van der Waals surface area contributed by atoms with Crippen molar-refractivity contribution < 1.29 is 0 Å². The van der Waals surface area contributed by atoms with Gasteiger partial charge in [0.05, 0.1) is 0 Å². The Balaban J connectivity index is 2.07. The van der Waals surface area contributed by atoms with Gasteiger partial charge >= 0.3 is 0 Å². The Hall–Kier alpha value is -2.26. The van der Waals surface area contributed by atoms with Gasteiger partial charge in [-0.05, 0) is 25.4 Å². The topological polar surface area (TPSA) is 38.7 Å². The van der Waals surface area contributed by atoms with Crippen LogP contribution in [-0.4, -0.2) is 15.0 Å². The Morgan fingerprint density at radius 1 is 0.619 bits per heavy atom. The lowest BCUT2D eigenvalue weighted by Gasteiger charge is -2.05. The van der Waals surface area contributed by atoms with E-state index in [1.165, 1.54) is 11.1 Å². The second kappa shape index (κ2) is 5.62. The summed E-state index contributed by atoms with van der Waals surface area (Å²) in [4.78, 5) is 13.0. The van der Waals surface area contributed by atoms with Crippen LogP contribution in [0.25, 0.3) is 22.8 Å². The molecule has 0 unspecified atom stereocenters. The average molecular weight is 296 g/mol. The zero-order chi connectivity index (χ0) is 14.8. The van der Waals surface area contributed by atoms with Crippen molar-refractivity contribution in [3.8, 4) is 22.8 Å². The standard InChI is InChI=1S/C17H14ClN3/c1-11-3-7-13(8-4-11)15-19-16(21-17(18)20-15)14-9-5-12(2)6-10-14/h3-10H,1-2H3. The van der Waals surface area contributed by atoms with Gasteiger partial charge in [-0.2, -0.15) is 9.97 Å². The number of benzene rings is 2. The summed E-state index contributed by atoms with van der Waals surface area (Å²) in [6.07, 6.45) is 0. The minimum Gasteiger partial charge on any atom is -0.208 e. The third kappa shape index (κ3) is 3.09. The summed E-state index contributed by atoms with van der Waals surface area (Å²) in [5.74, 6) is 1.18. The number of aromatic nitrogens is 3. The van der Waals surface area contributed by atoms with Crippen molar-refractivity contribution in [1.82, 2.24) is 15.0 Å². The van der Waals surface area contributed by atoms with Crippen molar-refractivity contribution in [3.63, 3.8) is 0 Å². The van der Waals surface area contributed by atoms with Gasteiger partial charge in [0.15, 0.2) is 11.6 Å². The summed E-state index contributed by atoms with van der Waals surface area (Å²) in [7, 11) is 0. The van der Waals surface area contributed by atoms with E-state index in [0.717, 1.165) is 11.1 Å². The summed E-state index contributed by atoms with van der Waals surface area (Å²) in [6.45, 7) is 4.09. The van der Waals surface area contributed by atoms with Crippen LogP contribution >= 0.6 is 11.6 Å². The smallest absolute Gasteiger partial charge is 0.208 e. The van der Waals surface area contributed by atoms with Crippen LogP contribution in [0.1, 0.15) is 11.1 Å². The first-order chi connectivity index (χ1) is 10.1. The first-order valence-electron chi connectivity index (χ1n) is 6.67. The van der Waals surface area contributed by atoms with Gasteiger partial charge in [-0.3, -0.25) is 0 Å². The molecule has 0 spiro atoms. The molecule has 0 saturated carbocycles. The predicted molar refractivity (Wildman–Crippen MR) is 85.2 cm³/mol. The summed E-state index contributed by atoms with van der Waals surface area (Å²) < 4.78 is 0. The monoisotopic (exact) mass is 295 g/mol. The van der Waals surface area contributed by atoms with Crippen molar-refractivity contribution in [3.05, 3.63) is 64.9 Å². The molecule has 21 heavy (non-hydrogen) atoms. The Kier molecular flexibility index (Phi) is 3.67. The second-order valence-corrected chi connectivity index (χ2v) is 5.32. The molecule has 4 heteroatoms. The molecule has 0 aliphatic heterocycles. The van der Waals surface area contributed by atoms with Gasteiger partial charge < -0.3 is 0 Å². The number of nitrogens with zero attached hydrogens (tertiary/aromatic N) is 3. The molecule has 0 atom stereocenters. The molecule has 0 aliphatic rings. The molecule has 0 fully saturated rings. The number of rotatable bonds is 2. The van der Waals surface area contributed by atoms with Crippen LogP contribution < -0.4 is 0 Å². The SMILES string of the molecule is Cc1ccc(-c2nc(Cl)nc(-c3ccc(C)cc3)n2)cc1. The van der Waals surface area contributed by atoms with E-state index in [-0.39, 0.29) is 5.28 Å². The number of halogens is 1. The van der Waals surface area contributed by atoms with Gasteiger partial charge in [0.2, 0.25) is 5.28 Å². The van der Waals surface area contributed by atoms with Gasteiger partial charge in [0, 0.05) is 11.1 Å². The maximum absolute atomic E-state index is 6.05. The van der Waals surface area contributed by atoms with Crippen molar-refractivity contribution in [2.45, 2.75) is 13.8 Å². The fraction of sp³-hybridized carbons (Fsp3) is 0.118. The maximum atomic E-state index is 6.05. The molecule has 3 rings (SSSR count). The van der Waals surface area contributed by atoms with E-state index in [1.807, 2.05) is 62.4 Å². The molecule has 0 radical (unpaired) electrons. The van der Waals surface area contributed by atoms with E-state index in [4.69, 9.17) is 11.6 Å². The highest BCUT2D eigenvalue weighted by molar-refractivity contribution is 6.28. The highest BCUT2D eigenvalue weighted by atomic mass is 35.5. The molecular weight excluding hydrogens is 282 g/mol. The zero-order valence-electron chi connectivity index (χ0n) is 11.8. The summed E-state index contributed by atoms with van der Waals surface area (Å²) in [5, 5.41) is 0.205. The summed E-state index contributed by atoms with van der Waals surface area (Å²) >= 11 is 6.05. The van der Waals surface area contributed by atoms with E-state index in [9.17, 15) is 0 Å². The third-order valence-corrected chi connectivity index (χ3v) is 3.40. The molecule has 104 valence electrons. The molecule has 2 aromatic carbocycles. The molecule has 3 nitrogen and oxygen atoms in total. The fourth-order valence-electron chi connectivity index (χ4n) is 2.01. The molecule has 3 aromatic rings. The molecular formula is C17H14ClN3. The molecule has 0 bridgehead atoms. The van der Waals surface area contributed by atoms with Crippen molar-refractivity contribution >= 4 is 11.6 Å². The normalized spacial score (nSPS) is 10.6. The third-order valence-electron chi connectivity index (χ3n) is 3.23. The number of aryl methyl sites for hydroxylation is 2. The Bertz CT molecular complexity index is 701. The van der Waals surface area contributed by atoms with E-state index in [1.54, 1.807) is 0 Å². The fourth-order valence-corrected chi connectivity index (χ4v) is 2.17. The number of hydrogen-bond donors (Lipinski definition) is 0. The average Bonchev–Trinajstić information content (AvgIpc) is 2.48. The van der Waals surface area contributed by atoms with Gasteiger partial charge in [-0.15, -0.1) is 0 Å². The maximum Gasteiger partial charge on any atom is 0.226 e. The van der Waals surface area contributed by atoms with E-state index in [2.05, 4.69) is 15.0 Å². The molecule has 0 N–H and O–H groups in total. The summed E-state index contributed by atoms with van der Waals surface area (Å²) in [6, 6.07) is 16.0. The Labute approximate surface area is 128 Å². The van der Waals surface area contributed by atoms with Crippen molar-refractivity contribution in [2.24, 2.45) is 0 Å². The Morgan fingerprint density at radius 3 is 1.38 bits per heavy atom. The molecule has 0 saturated heterocycles. The minimum absolute atomic E-state index is 0.205. The van der Waals surface area contributed by atoms with E-state index < -0.39 is 0 Å². The summed E-state index contributed by atoms with van der Waals surface area (Å²) in [5.41, 5.74) is 4.24. The highest BCUT2D eigenvalue weighted by Crippen LogP contribution is 2.22. The first-order valence-corrected chi connectivity index (χ1v) is 7.05.